The van der Waals surface area contributed by atoms with E-state index in [1.165, 1.54) is 24.3 Å². The second-order valence-corrected chi connectivity index (χ2v) is 5.06. The lowest BCUT2D eigenvalue weighted by atomic mass is 10.1. The Hall–Kier alpha value is -2.74. The molecule has 0 unspecified atom stereocenters. The van der Waals surface area contributed by atoms with Crippen LogP contribution in [-0.2, 0) is 6.42 Å². The van der Waals surface area contributed by atoms with Crippen molar-refractivity contribution in [3.8, 4) is 11.8 Å². The average molecular weight is 315 g/mol. The second-order valence-electron chi connectivity index (χ2n) is 5.06. The van der Waals surface area contributed by atoms with E-state index in [0.29, 0.717) is 0 Å². The highest BCUT2D eigenvalue weighted by atomic mass is 19.1. The fourth-order valence-corrected chi connectivity index (χ4v) is 2.07. The second kappa shape index (κ2) is 7.50. The first-order chi connectivity index (χ1) is 11.0. The van der Waals surface area contributed by atoms with Crippen molar-refractivity contribution in [3.05, 3.63) is 64.7 Å². The van der Waals surface area contributed by atoms with Crippen molar-refractivity contribution in [3.63, 3.8) is 0 Å². The Morgan fingerprint density at radius 2 is 1.96 bits per heavy atom. The zero-order chi connectivity index (χ0) is 16.8. The number of carbonyl (C=O) groups is 1. The van der Waals surface area contributed by atoms with Crippen molar-refractivity contribution < 1.29 is 18.3 Å². The summed E-state index contributed by atoms with van der Waals surface area (Å²) in [5.74, 6) is -2.46. The summed E-state index contributed by atoms with van der Waals surface area (Å²) in [6.07, 6.45) is 2.67. The molecule has 0 aliphatic rings. The van der Waals surface area contributed by atoms with E-state index < -0.39 is 17.6 Å². The first-order valence-electron chi connectivity index (χ1n) is 7.25. The largest absolute Gasteiger partial charge is 0.423 e. The molecule has 0 bridgehead atoms. The highest BCUT2D eigenvalue weighted by molar-refractivity contribution is 5.91. The van der Waals surface area contributed by atoms with Crippen LogP contribution >= 0.6 is 0 Å². The van der Waals surface area contributed by atoms with Gasteiger partial charge in [0.25, 0.3) is 0 Å². The number of carbonyl (C=O) groups excluding carboxylic acids is 1. The van der Waals surface area contributed by atoms with Crippen LogP contribution in [0.2, 0.25) is 0 Å². The van der Waals surface area contributed by atoms with Crippen LogP contribution < -0.4 is 4.74 Å². The summed E-state index contributed by atoms with van der Waals surface area (Å²) in [7, 11) is 0. The minimum absolute atomic E-state index is 0.0824. The van der Waals surface area contributed by atoms with Gasteiger partial charge in [0.1, 0.15) is 23.5 Å². The zero-order valence-corrected chi connectivity index (χ0v) is 12.6. The number of rotatable bonds is 5. The third-order valence-electron chi connectivity index (χ3n) is 3.34. The van der Waals surface area contributed by atoms with Crippen LogP contribution in [0.4, 0.5) is 8.78 Å². The number of nitrogens with zero attached hydrogens (tertiary/aromatic N) is 1. The van der Waals surface area contributed by atoms with E-state index in [0.717, 1.165) is 30.9 Å². The van der Waals surface area contributed by atoms with Crippen LogP contribution in [0, 0.1) is 23.0 Å². The summed E-state index contributed by atoms with van der Waals surface area (Å²) in [5.41, 5.74) is 0.441. The predicted octanol–water partition coefficient (Wildman–Crippen LogP) is 4.40. The summed E-state index contributed by atoms with van der Waals surface area (Å²) < 4.78 is 32.4. The highest BCUT2D eigenvalue weighted by Gasteiger charge is 2.15. The SMILES string of the molecule is CCCCc1ccc(C(=O)Oc2ccc(C#N)c(F)c2)c(F)c1. The molecule has 5 heteroatoms. The maximum absolute atomic E-state index is 14.0. The average Bonchev–Trinajstić information content (AvgIpc) is 2.53. The maximum Gasteiger partial charge on any atom is 0.346 e. The summed E-state index contributed by atoms with van der Waals surface area (Å²) in [6.45, 7) is 2.04. The number of aryl methyl sites for hydroxylation is 1. The summed E-state index contributed by atoms with van der Waals surface area (Å²) >= 11 is 0. The number of ether oxygens (including phenoxy) is 1. The molecule has 2 aromatic carbocycles. The van der Waals surface area contributed by atoms with E-state index in [-0.39, 0.29) is 16.9 Å². The predicted molar refractivity (Wildman–Crippen MR) is 81.1 cm³/mol. The number of hydrogen-bond donors (Lipinski definition) is 0. The number of esters is 1. The van der Waals surface area contributed by atoms with Gasteiger partial charge in [0.05, 0.1) is 11.1 Å². The van der Waals surface area contributed by atoms with Crippen LogP contribution in [0.5, 0.6) is 5.75 Å². The molecule has 2 aromatic rings. The molecule has 0 saturated carbocycles. The molecule has 0 N–H and O–H groups in total. The van der Waals surface area contributed by atoms with Crippen molar-refractivity contribution in [2.24, 2.45) is 0 Å². The molecular weight excluding hydrogens is 300 g/mol. The first kappa shape index (κ1) is 16.6. The van der Waals surface area contributed by atoms with Crippen molar-refractivity contribution in [1.82, 2.24) is 0 Å². The van der Waals surface area contributed by atoms with Crippen molar-refractivity contribution in [2.45, 2.75) is 26.2 Å². The van der Waals surface area contributed by atoms with Crippen LogP contribution in [0.15, 0.2) is 36.4 Å². The lowest BCUT2D eigenvalue weighted by Crippen LogP contribution is -2.11. The Kier molecular flexibility index (Phi) is 5.42. The molecule has 118 valence electrons. The Labute approximate surface area is 133 Å². The molecule has 3 nitrogen and oxygen atoms in total. The van der Waals surface area contributed by atoms with E-state index in [2.05, 4.69) is 0 Å². The number of halogens is 2. The minimum Gasteiger partial charge on any atom is -0.423 e. The normalized spacial score (nSPS) is 10.2. The fraction of sp³-hybridized carbons (Fsp3) is 0.222. The van der Waals surface area contributed by atoms with Gasteiger partial charge in [-0.2, -0.15) is 5.26 Å². The molecular formula is C18H15F2NO2. The van der Waals surface area contributed by atoms with Gasteiger partial charge >= 0.3 is 5.97 Å². The quantitative estimate of drug-likeness (QED) is 0.607. The number of nitriles is 1. The molecule has 0 saturated heterocycles. The molecule has 0 amide bonds. The van der Waals surface area contributed by atoms with E-state index in [1.54, 1.807) is 12.1 Å². The maximum atomic E-state index is 14.0. The van der Waals surface area contributed by atoms with Crippen LogP contribution in [0.25, 0.3) is 0 Å². The molecule has 0 aliphatic heterocycles. The van der Waals surface area contributed by atoms with Gasteiger partial charge in [-0.25, -0.2) is 13.6 Å². The van der Waals surface area contributed by atoms with Gasteiger partial charge in [-0.15, -0.1) is 0 Å². The lowest BCUT2D eigenvalue weighted by molar-refractivity contribution is 0.0729. The first-order valence-corrected chi connectivity index (χ1v) is 7.25. The fourth-order valence-electron chi connectivity index (χ4n) is 2.07. The molecule has 0 atom stereocenters. The zero-order valence-electron chi connectivity index (χ0n) is 12.6. The van der Waals surface area contributed by atoms with Gasteiger partial charge in [0.15, 0.2) is 0 Å². The smallest absolute Gasteiger partial charge is 0.346 e. The lowest BCUT2D eigenvalue weighted by Gasteiger charge is -2.07. The number of unbranched alkanes of at least 4 members (excludes halogenated alkanes) is 1. The molecule has 2 rings (SSSR count). The van der Waals surface area contributed by atoms with E-state index >= 15 is 0 Å². The van der Waals surface area contributed by atoms with Crippen molar-refractivity contribution >= 4 is 5.97 Å². The van der Waals surface area contributed by atoms with Gasteiger partial charge < -0.3 is 4.74 Å². The summed E-state index contributed by atoms with van der Waals surface area (Å²) in [5, 5.41) is 8.65. The minimum atomic E-state index is -0.909. The number of hydrogen-bond acceptors (Lipinski definition) is 3. The third-order valence-corrected chi connectivity index (χ3v) is 3.34. The molecule has 0 aliphatic carbocycles. The Balaban J connectivity index is 2.14. The molecule has 0 fully saturated rings. The van der Waals surface area contributed by atoms with E-state index in [4.69, 9.17) is 10.00 Å². The summed E-state index contributed by atoms with van der Waals surface area (Å²) in [6, 6.07) is 9.42. The van der Waals surface area contributed by atoms with Crippen LogP contribution in [0.1, 0.15) is 41.3 Å². The van der Waals surface area contributed by atoms with Crippen LogP contribution in [0.3, 0.4) is 0 Å². The van der Waals surface area contributed by atoms with Crippen molar-refractivity contribution in [2.75, 3.05) is 0 Å². The Morgan fingerprint density at radius 3 is 2.57 bits per heavy atom. The van der Waals surface area contributed by atoms with Crippen LogP contribution in [-0.4, -0.2) is 5.97 Å². The Morgan fingerprint density at radius 1 is 1.17 bits per heavy atom. The third kappa shape index (κ3) is 4.13. The van der Waals surface area contributed by atoms with E-state index in [9.17, 15) is 13.6 Å². The summed E-state index contributed by atoms with van der Waals surface area (Å²) in [4.78, 5) is 12.0. The van der Waals surface area contributed by atoms with Gasteiger partial charge in [0, 0.05) is 6.07 Å². The number of benzene rings is 2. The molecule has 23 heavy (non-hydrogen) atoms. The van der Waals surface area contributed by atoms with Gasteiger partial charge in [-0.1, -0.05) is 19.4 Å². The molecule has 0 heterocycles. The molecule has 0 spiro atoms. The standard InChI is InChI=1S/C18H15F2NO2/c1-2-3-4-12-5-8-15(17(20)9-12)18(22)23-14-7-6-13(11-21)16(19)10-14/h5-10H,2-4H2,1H3. The van der Waals surface area contributed by atoms with Gasteiger partial charge in [0.2, 0.25) is 0 Å². The highest BCUT2D eigenvalue weighted by Crippen LogP contribution is 2.19. The van der Waals surface area contributed by atoms with Crippen molar-refractivity contribution in [1.29, 1.82) is 5.26 Å². The molecule has 0 radical (unpaired) electrons. The van der Waals surface area contributed by atoms with Gasteiger partial charge in [-0.05, 0) is 42.7 Å². The van der Waals surface area contributed by atoms with E-state index in [1.807, 2.05) is 6.92 Å². The monoisotopic (exact) mass is 315 g/mol. The topological polar surface area (TPSA) is 50.1 Å². The van der Waals surface area contributed by atoms with Gasteiger partial charge in [-0.3, -0.25) is 0 Å². The Bertz CT molecular complexity index is 766. The molecule has 0 aromatic heterocycles.